The molecule has 0 saturated carbocycles. The maximum atomic E-state index is 5.63. The fraction of sp³-hybridized carbons (Fsp3) is 1.00. The number of hydrogen-bond acceptors (Lipinski definition) is 2. The quantitative estimate of drug-likeness (QED) is 0.725. The van der Waals surface area contributed by atoms with Crippen LogP contribution in [0.1, 0.15) is 25.7 Å². The Morgan fingerprint density at radius 1 is 1.31 bits per heavy atom. The van der Waals surface area contributed by atoms with Gasteiger partial charge in [-0.15, -0.1) is 0 Å². The first kappa shape index (κ1) is 10.3. The van der Waals surface area contributed by atoms with E-state index in [9.17, 15) is 0 Å². The number of thioether (sulfide) groups is 1. The van der Waals surface area contributed by atoms with Gasteiger partial charge in [0.1, 0.15) is 0 Å². The molecule has 2 aliphatic heterocycles. The van der Waals surface area contributed by atoms with E-state index in [1.165, 1.54) is 37.2 Å². The van der Waals surface area contributed by atoms with Crippen molar-refractivity contribution in [2.24, 2.45) is 5.92 Å². The summed E-state index contributed by atoms with van der Waals surface area (Å²) >= 11 is 5.84. The summed E-state index contributed by atoms with van der Waals surface area (Å²) in [5, 5.41) is 0. The minimum atomic E-state index is 0.588. The maximum Gasteiger partial charge on any atom is 0.0576 e. The Morgan fingerprint density at radius 2 is 2.23 bits per heavy atom. The molecular formula is C10H17BrOS. The van der Waals surface area contributed by atoms with Gasteiger partial charge >= 0.3 is 0 Å². The third kappa shape index (κ3) is 2.87. The smallest absolute Gasteiger partial charge is 0.0576 e. The molecule has 3 heteroatoms. The Hall–Kier alpha value is 0.790. The molecule has 2 rings (SSSR count). The second-order valence-corrected chi connectivity index (χ2v) is 6.28. The summed E-state index contributed by atoms with van der Waals surface area (Å²) in [5.41, 5.74) is 0. The lowest BCUT2D eigenvalue weighted by molar-refractivity contribution is 0.0992. The van der Waals surface area contributed by atoms with Crippen LogP contribution in [0.25, 0.3) is 0 Å². The van der Waals surface area contributed by atoms with Gasteiger partial charge in [0.25, 0.3) is 0 Å². The number of rotatable bonds is 3. The summed E-state index contributed by atoms with van der Waals surface area (Å²) in [4.78, 5) is 0.763. The first-order valence-electron chi connectivity index (χ1n) is 5.19. The summed E-state index contributed by atoms with van der Waals surface area (Å²) in [7, 11) is 0. The summed E-state index contributed by atoms with van der Waals surface area (Å²) in [6, 6.07) is 0. The van der Waals surface area contributed by atoms with Gasteiger partial charge in [-0.25, -0.2) is 0 Å². The van der Waals surface area contributed by atoms with Gasteiger partial charge in [0.05, 0.1) is 6.10 Å². The fourth-order valence-electron chi connectivity index (χ4n) is 2.11. The van der Waals surface area contributed by atoms with Crippen LogP contribution >= 0.6 is 27.7 Å². The Kier molecular flexibility index (Phi) is 3.99. The number of alkyl halides is 1. The SMILES string of the molecule is BrC1CSCC1CCC1CCCO1. The molecule has 76 valence electrons. The first-order chi connectivity index (χ1) is 6.36. The van der Waals surface area contributed by atoms with Gasteiger partial charge in [-0.3, -0.25) is 0 Å². The maximum absolute atomic E-state index is 5.63. The van der Waals surface area contributed by atoms with Crippen molar-refractivity contribution in [3.8, 4) is 0 Å². The molecule has 2 aliphatic rings. The van der Waals surface area contributed by atoms with Crippen molar-refractivity contribution in [2.45, 2.75) is 36.6 Å². The van der Waals surface area contributed by atoms with E-state index in [0.717, 1.165) is 17.4 Å². The van der Waals surface area contributed by atoms with Crippen molar-refractivity contribution >= 4 is 27.7 Å². The Balaban J connectivity index is 1.66. The molecule has 2 fully saturated rings. The zero-order valence-corrected chi connectivity index (χ0v) is 10.3. The van der Waals surface area contributed by atoms with Crippen LogP contribution in [0.2, 0.25) is 0 Å². The standard InChI is InChI=1S/C10H17BrOS/c11-10-7-13-6-8(10)3-4-9-2-1-5-12-9/h8-10H,1-7H2. The van der Waals surface area contributed by atoms with Gasteiger partial charge in [-0.2, -0.15) is 11.8 Å². The molecule has 13 heavy (non-hydrogen) atoms. The normalized spacial score (nSPS) is 39.9. The summed E-state index contributed by atoms with van der Waals surface area (Å²) in [5.74, 6) is 3.55. The Morgan fingerprint density at radius 3 is 2.85 bits per heavy atom. The molecule has 0 spiro atoms. The van der Waals surface area contributed by atoms with Crippen molar-refractivity contribution in [1.29, 1.82) is 0 Å². The minimum absolute atomic E-state index is 0.588. The van der Waals surface area contributed by atoms with Gasteiger partial charge in [0.15, 0.2) is 0 Å². The second-order valence-electron chi connectivity index (χ2n) is 4.03. The molecule has 3 atom stereocenters. The molecule has 0 bridgehead atoms. The summed E-state index contributed by atoms with van der Waals surface area (Å²) in [6.45, 7) is 1.00. The number of halogens is 1. The highest BCUT2D eigenvalue weighted by molar-refractivity contribution is 9.09. The monoisotopic (exact) mass is 264 g/mol. The van der Waals surface area contributed by atoms with Crippen molar-refractivity contribution in [3.63, 3.8) is 0 Å². The van der Waals surface area contributed by atoms with E-state index in [-0.39, 0.29) is 0 Å². The van der Waals surface area contributed by atoms with Crippen molar-refractivity contribution in [2.75, 3.05) is 18.1 Å². The van der Waals surface area contributed by atoms with Crippen molar-refractivity contribution in [3.05, 3.63) is 0 Å². The van der Waals surface area contributed by atoms with Gasteiger partial charge in [0, 0.05) is 17.2 Å². The molecule has 0 aromatic heterocycles. The lowest BCUT2D eigenvalue weighted by Crippen LogP contribution is -2.15. The van der Waals surface area contributed by atoms with E-state index < -0.39 is 0 Å². The van der Waals surface area contributed by atoms with Crippen LogP contribution in [0.4, 0.5) is 0 Å². The molecule has 0 aromatic carbocycles. The first-order valence-corrected chi connectivity index (χ1v) is 7.26. The van der Waals surface area contributed by atoms with E-state index in [4.69, 9.17) is 4.74 Å². The molecule has 2 heterocycles. The molecule has 1 nitrogen and oxygen atoms in total. The average molecular weight is 265 g/mol. The van der Waals surface area contributed by atoms with Crippen molar-refractivity contribution in [1.82, 2.24) is 0 Å². The zero-order valence-electron chi connectivity index (χ0n) is 7.88. The van der Waals surface area contributed by atoms with Crippen LogP contribution < -0.4 is 0 Å². The lowest BCUT2D eigenvalue weighted by Gasteiger charge is -2.15. The third-order valence-electron chi connectivity index (χ3n) is 3.00. The highest BCUT2D eigenvalue weighted by Gasteiger charge is 2.26. The highest BCUT2D eigenvalue weighted by Crippen LogP contribution is 2.34. The Labute approximate surface area is 93.1 Å². The molecule has 0 aromatic rings. The Bertz CT molecular complexity index is 159. The largest absolute Gasteiger partial charge is 0.378 e. The molecule has 0 N–H and O–H groups in total. The minimum Gasteiger partial charge on any atom is -0.378 e. The van der Waals surface area contributed by atoms with Crippen LogP contribution in [-0.4, -0.2) is 29.0 Å². The highest BCUT2D eigenvalue weighted by atomic mass is 79.9. The van der Waals surface area contributed by atoms with E-state index >= 15 is 0 Å². The van der Waals surface area contributed by atoms with Gasteiger partial charge in [0.2, 0.25) is 0 Å². The molecule has 0 amide bonds. The molecule has 2 saturated heterocycles. The van der Waals surface area contributed by atoms with Crippen LogP contribution in [0.3, 0.4) is 0 Å². The second kappa shape index (κ2) is 5.04. The number of hydrogen-bond donors (Lipinski definition) is 0. The van der Waals surface area contributed by atoms with Gasteiger partial charge in [-0.1, -0.05) is 15.9 Å². The van der Waals surface area contributed by atoms with E-state index in [0.29, 0.717) is 6.10 Å². The van der Waals surface area contributed by atoms with E-state index in [1.807, 2.05) is 0 Å². The third-order valence-corrected chi connectivity index (χ3v) is 5.76. The summed E-state index contributed by atoms with van der Waals surface area (Å²) in [6.07, 6.45) is 5.81. The van der Waals surface area contributed by atoms with Crippen LogP contribution in [0.5, 0.6) is 0 Å². The predicted octanol–water partition coefficient (Wildman–Crippen LogP) is 3.07. The predicted molar refractivity (Wildman–Crippen MR) is 61.7 cm³/mol. The average Bonchev–Trinajstić information content (AvgIpc) is 2.72. The molecule has 3 unspecified atom stereocenters. The zero-order chi connectivity index (χ0) is 9.10. The van der Waals surface area contributed by atoms with Gasteiger partial charge < -0.3 is 4.74 Å². The van der Waals surface area contributed by atoms with E-state index in [1.54, 1.807) is 0 Å². The van der Waals surface area contributed by atoms with Crippen molar-refractivity contribution < 1.29 is 4.74 Å². The lowest BCUT2D eigenvalue weighted by atomic mass is 9.99. The molecule has 0 radical (unpaired) electrons. The topological polar surface area (TPSA) is 9.23 Å². The summed E-state index contributed by atoms with van der Waals surface area (Å²) < 4.78 is 5.63. The van der Waals surface area contributed by atoms with Crippen LogP contribution in [0.15, 0.2) is 0 Å². The fourth-order valence-corrected chi connectivity index (χ4v) is 4.70. The molecular weight excluding hydrogens is 248 g/mol. The van der Waals surface area contributed by atoms with E-state index in [2.05, 4.69) is 27.7 Å². The van der Waals surface area contributed by atoms with Crippen LogP contribution in [-0.2, 0) is 4.74 Å². The van der Waals surface area contributed by atoms with Crippen LogP contribution in [0, 0.1) is 5.92 Å². The molecule has 0 aliphatic carbocycles. The number of ether oxygens (including phenoxy) is 1. The van der Waals surface area contributed by atoms with Gasteiger partial charge in [-0.05, 0) is 37.4 Å².